The number of likely N-dealkylation sites (N-methyl/N-ethyl adjacent to an activating group) is 1. The predicted octanol–water partition coefficient (Wildman–Crippen LogP) is 1.10. The van der Waals surface area contributed by atoms with Gasteiger partial charge in [0.05, 0.1) is 0 Å². The Bertz CT molecular complexity index is 472. The molecule has 0 saturated carbocycles. The molecule has 0 bridgehead atoms. The van der Waals surface area contributed by atoms with Crippen molar-refractivity contribution in [1.82, 2.24) is 4.90 Å². The lowest BCUT2D eigenvalue weighted by molar-refractivity contribution is -0.145. The normalized spacial score (nSPS) is 16.8. The Morgan fingerprint density at radius 1 is 1.44 bits per heavy atom. The number of benzene rings is 1. The summed E-state index contributed by atoms with van der Waals surface area (Å²) < 4.78 is 5.44. The highest BCUT2D eigenvalue weighted by Crippen LogP contribution is 2.34. The maximum atomic E-state index is 12.3. The van der Waals surface area contributed by atoms with Crippen molar-refractivity contribution in [3.63, 3.8) is 0 Å². The minimum atomic E-state index is -1.00. The van der Waals surface area contributed by atoms with Crippen LogP contribution in [0.2, 0.25) is 0 Å². The molecule has 1 aromatic rings. The Kier molecular flexibility index (Phi) is 3.50. The van der Waals surface area contributed by atoms with E-state index in [9.17, 15) is 9.59 Å². The molecule has 5 heteroatoms. The number of amides is 1. The molecule has 1 aromatic carbocycles. The number of fused-ring (bicyclic) bond motifs is 1. The number of nitrogens with zero attached hydrogens (tertiary/aromatic N) is 1. The molecule has 1 atom stereocenters. The zero-order chi connectivity index (χ0) is 13.1. The second-order valence-electron chi connectivity index (χ2n) is 4.15. The number of carboxylic acid groups (broad SMARTS) is 1. The molecular weight excluding hydrogens is 234 g/mol. The van der Waals surface area contributed by atoms with Crippen LogP contribution in [0.5, 0.6) is 5.75 Å². The van der Waals surface area contributed by atoms with Gasteiger partial charge in [-0.15, -0.1) is 0 Å². The maximum Gasteiger partial charge on any atom is 0.323 e. The molecule has 18 heavy (non-hydrogen) atoms. The lowest BCUT2D eigenvalue weighted by Crippen LogP contribution is -2.39. The van der Waals surface area contributed by atoms with E-state index < -0.39 is 5.97 Å². The van der Waals surface area contributed by atoms with Gasteiger partial charge < -0.3 is 14.7 Å². The van der Waals surface area contributed by atoms with E-state index in [1.54, 1.807) is 6.92 Å². The molecule has 96 valence electrons. The molecule has 0 aliphatic carbocycles. The van der Waals surface area contributed by atoms with Crippen LogP contribution in [-0.2, 0) is 9.59 Å². The van der Waals surface area contributed by atoms with Gasteiger partial charge in [-0.25, -0.2) is 0 Å². The van der Waals surface area contributed by atoms with Crippen LogP contribution in [0, 0.1) is 0 Å². The van der Waals surface area contributed by atoms with Gasteiger partial charge in [-0.2, -0.15) is 0 Å². The van der Waals surface area contributed by atoms with Gasteiger partial charge in [-0.05, 0) is 13.0 Å². The highest BCUT2D eigenvalue weighted by Gasteiger charge is 2.33. The molecule has 0 saturated heterocycles. The third-order valence-corrected chi connectivity index (χ3v) is 3.02. The SMILES string of the molecule is CCN(CC(=O)O)C(=O)C1COc2ccccc21. The fraction of sp³-hybridized carbons (Fsp3) is 0.385. The lowest BCUT2D eigenvalue weighted by atomic mass is 10.00. The van der Waals surface area contributed by atoms with Crippen LogP contribution < -0.4 is 4.74 Å². The van der Waals surface area contributed by atoms with Gasteiger partial charge >= 0.3 is 5.97 Å². The second kappa shape index (κ2) is 5.08. The predicted molar refractivity (Wildman–Crippen MR) is 64.6 cm³/mol. The number of carbonyl (C=O) groups excluding carboxylic acids is 1. The molecule has 1 heterocycles. The first-order valence-corrected chi connectivity index (χ1v) is 5.85. The molecule has 0 aromatic heterocycles. The van der Waals surface area contributed by atoms with E-state index in [1.165, 1.54) is 4.90 Å². The summed E-state index contributed by atoms with van der Waals surface area (Å²) in [5.41, 5.74) is 0.839. The lowest BCUT2D eigenvalue weighted by Gasteiger charge is -2.21. The minimum absolute atomic E-state index is 0.190. The van der Waals surface area contributed by atoms with E-state index in [2.05, 4.69) is 0 Å². The molecule has 0 spiro atoms. The summed E-state index contributed by atoms with van der Waals surface area (Å²) in [6.45, 7) is 2.16. The van der Waals surface area contributed by atoms with E-state index in [0.717, 1.165) is 5.56 Å². The first kappa shape index (κ1) is 12.4. The Morgan fingerprint density at radius 3 is 2.83 bits per heavy atom. The Balaban J connectivity index is 2.17. The fourth-order valence-electron chi connectivity index (χ4n) is 2.10. The Labute approximate surface area is 105 Å². The van der Waals surface area contributed by atoms with Crippen molar-refractivity contribution in [3.8, 4) is 5.75 Å². The number of rotatable bonds is 4. The van der Waals surface area contributed by atoms with Crippen molar-refractivity contribution in [1.29, 1.82) is 0 Å². The molecule has 0 fully saturated rings. The number of aliphatic carboxylic acids is 1. The Hall–Kier alpha value is -2.04. The third-order valence-electron chi connectivity index (χ3n) is 3.02. The van der Waals surface area contributed by atoms with Crippen LogP contribution >= 0.6 is 0 Å². The van der Waals surface area contributed by atoms with E-state index in [1.807, 2.05) is 24.3 Å². The monoisotopic (exact) mass is 249 g/mol. The fourth-order valence-corrected chi connectivity index (χ4v) is 2.10. The zero-order valence-electron chi connectivity index (χ0n) is 10.1. The van der Waals surface area contributed by atoms with Gasteiger partial charge in [0.25, 0.3) is 0 Å². The van der Waals surface area contributed by atoms with Crippen molar-refractivity contribution >= 4 is 11.9 Å². The smallest absolute Gasteiger partial charge is 0.323 e. The van der Waals surface area contributed by atoms with E-state index >= 15 is 0 Å². The summed E-state index contributed by atoms with van der Waals surface area (Å²) in [5, 5.41) is 8.78. The number of carboxylic acids is 1. The summed E-state index contributed by atoms with van der Waals surface area (Å²) in [7, 11) is 0. The van der Waals surface area contributed by atoms with Crippen molar-refractivity contribution in [2.24, 2.45) is 0 Å². The van der Waals surface area contributed by atoms with Crippen molar-refractivity contribution in [2.75, 3.05) is 19.7 Å². The summed E-state index contributed by atoms with van der Waals surface area (Å²) in [5.74, 6) is -0.870. The number of para-hydroxylation sites is 1. The van der Waals surface area contributed by atoms with E-state index in [-0.39, 0.29) is 25.0 Å². The molecule has 1 aliphatic heterocycles. The largest absolute Gasteiger partial charge is 0.492 e. The van der Waals surface area contributed by atoms with Gasteiger partial charge in [0.15, 0.2) is 0 Å². The van der Waals surface area contributed by atoms with Crippen LogP contribution in [0.3, 0.4) is 0 Å². The zero-order valence-corrected chi connectivity index (χ0v) is 10.1. The van der Waals surface area contributed by atoms with E-state index in [4.69, 9.17) is 9.84 Å². The number of ether oxygens (including phenoxy) is 1. The van der Waals surface area contributed by atoms with Crippen LogP contribution in [0.1, 0.15) is 18.4 Å². The number of hydrogen-bond acceptors (Lipinski definition) is 3. The van der Waals surface area contributed by atoms with Crippen LogP contribution in [0.25, 0.3) is 0 Å². The van der Waals surface area contributed by atoms with Crippen molar-refractivity contribution < 1.29 is 19.4 Å². The quantitative estimate of drug-likeness (QED) is 0.867. The maximum absolute atomic E-state index is 12.3. The standard InChI is InChI=1S/C13H15NO4/c1-2-14(7-12(15)16)13(17)10-8-18-11-6-4-3-5-9(10)11/h3-6,10H,2,7-8H2,1H3,(H,15,16). The van der Waals surface area contributed by atoms with Gasteiger partial charge in [0.2, 0.25) is 5.91 Å². The topological polar surface area (TPSA) is 66.8 Å². The third kappa shape index (κ3) is 2.30. The average molecular weight is 249 g/mol. The molecule has 2 rings (SSSR count). The summed E-state index contributed by atoms with van der Waals surface area (Å²) in [6.07, 6.45) is 0. The van der Waals surface area contributed by atoms with Gasteiger partial charge in [0, 0.05) is 12.1 Å². The Morgan fingerprint density at radius 2 is 2.17 bits per heavy atom. The average Bonchev–Trinajstić information content (AvgIpc) is 2.78. The van der Waals surface area contributed by atoms with Gasteiger partial charge in [0.1, 0.15) is 24.8 Å². The molecule has 5 nitrogen and oxygen atoms in total. The van der Waals surface area contributed by atoms with Gasteiger partial charge in [-0.1, -0.05) is 18.2 Å². The first-order chi connectivity index (χ1) is 8.63. The number of hydrogen-bond donors (Lipinski definition) is 1. The van der Waals surface area contributed by atoms with Crippen LogP contribution in [-0.4, -0.2) is 41.6 Å². The number of carbonyl (C=O) groups is 2. The molecule has 1 N–H and O–H groups in total. The van der Waals surface area contributed by atoms with E-state index in [0.29, 0.717) is 12.3 Å². The van der Waals surface area contributed by atoms with Crippen molar-refractivity contribution in [2.45, 2.75) is 12.8 Å². The molecule has 0 radical (unpaired) electrons. The van der Waals surface area contributed by atoms with Crippen LogP contribution in [0.4, 0.5) is 0 Å². The molecule has 1 unspecified atom stereocenters. The first-order valence-electron chi connectivity index (χ1n) is 5.85. The molecule has 1 aliphatic rings. The highest BCUT2D eigenvalue weighted by atomic mass is 16.5. The van der Waals surface area contributed by atoms with Gasteiger partial charge in [-0.3, -0.25) is 9.59 Å². The van der Waals surface area contributed by atoms with Crippen LogP contribution in [0.15, 0.2) is 24.3 Å². The highest BCUT2D eigenvalue weighted by molar-refractivity contribution is 5.88. The molecular formula is C13H15NO4. The van der Waals surface area contributed by atoms with Crippen molar-refractivity contribution in [3.05, 3.63) is 29.8 Å². The summed E-state index contributed by atoms with van der Waals surface area (Å²) in [4.78, 5) is 24.3. The summed E-state index contributed by atoms with van der Waals surface area (Å²) >= 11 is 0. The minimum Gasteiger partial charge on any atom is -0.492 e. The second-order valence-corrected chi connectivity index (χ2v) is 4.15. The molecule has 1 amide bonds. The summed E-state index contributed by atoms with van der Waals surface area (Å²) in [6, 6.07) is 7.36.